The highest BCUT2D eigenvalue weighted by atomic mass is 19.1. The van der Waals surface area contributed by atoms with Crippen LogP contribution in [0.4, 0.5) is 10.1 Å². The van der Waals surface area contributed by atoms with Crippen LogP contribution in [-0.2, 0) is 6.54 Å². The molecule has 0 saturated heterocycles. The summed E-state index contributed by atoms with van der Waals surface area (Å²) in [6, 6.07) is 14.9. The van der Waals surface area contributed by atoms with Crippen LogP contribution in [-0.4, -0.2) is 7.05 Å². The maximum absolute atomic E-state index is 13.6. The molecule has 0 aromatic heterocycles. The van der Waals surface area contributed by atoms with Crippen molar-refractivity contribution >= 4 is 5.69 Å². The van der Waals surface area contributed by atoms with E-state index < -0.39 is 0 Å². The van der Waals surface area contributed by atoms with Crippen molar-refractivity contribution in [1.29, 1.82) is 0 Å². The highest BCUT2D eigenvalue weighted by Gasteiger charge is 2.06. The van der Waals surface area contributed by atoms with Crippen LogP contribution in [0.3, 0.4) is 0 Å². The Labute approximate surface area is 113 Å². The minimum Gasteiger partial charge on any atom is -0.370 e. The summed E-state index contributed by atoms with van der Waals surface area (Å²) in [6.07, 6.45) is 0. The highest BCUT2D eigenvalue weighted by Crippen LogP contribution is 2.19. The van der Waals surface area contributed by atoms with E-state index in [0.717, 1.165) is 11.3 Å². The molecule has 0 aliphatic rings. The average molecular weight is 258 g/mol. The molecule has 3 heteroatoms. The normalized spacial score (nSPS) is 12.2. The van der Waals surface area contributed by atoms with Gasteiger partial charge in [0.25, 0.3) is 0 Å². The van der Waals surface area contributed by atoms with Crippen molar-refractivity contribution in [3.8, 4) is 0 Å². The lowest BCUT2D eigenvalue weighted by Crippen LogP contribution is -2.17. The van der Waals surface area contributed by atoms with Crippen LogP contribution >= 0.6 is 0 Å². The Morgan fingerprint density at radius 1 is 1.11 bits per heavy atom. The fraction of sp³-hybridized carbons (Fsp3) is 0.250. The van der Waals surface area contributed by atoms with E-state index in [1.54, 1.807) is 6.07 Å². The summed E-state index contributed by atoms with van der Waals surface area (Å²) in [5.74, 6) is -0.165. The number of nitrogens with two attached hydrogens (primary N) is 1. The molecule has 1 atom stereocenters. The minimum atomic E-state index is -0.165. The average Bonchev–Trinajstić information content (AvgIpc) is 2.41. The van der Waals surface area contributed by atoms with Crippen molar-refractivity contribution in [2.75, 3.05) is 11.9 Å². The molecule has 0 unspecified atom stereocenters. The molecular formula is C16H19FN2. The summed E-state index contributed by atoms with van der Waals surface area (Å²) in [7, 11) is 1.95. The molecule has 100 valence electrons. The summed E-state index contributed by atoms with van der Waals surface area (Å²) in [4.78, 5) is 2.02. The van der Waals surface area contributed by atoms with E-state index >= 15 is 0 Å². The van der Waals surface area contributed by atoms with Crippen molar-refractivity contribution in [3.63, 3.8) is 0 Å². The number of rotatable bonds is 4. The first kappa shape index (κ1) is 13.6. The van der Waals surface area contributed by atoms with E-state index in [1.165, 1.54) is 6.07 Å². The van der Waals surface area contributed by atoms with Crippen molar-refractivity contribution in [1.82, 2.24) is 0 Å². The van der Waals surface area contributed by atoms with Crippen molar-refractivity contribution in [2.45, 2.75) is 19.5 Å². The van der Waals surface area contributed by atoms with Gasteiger partial charge in [-0.15, -0.1) is 0 Å². The Balaban J connectivity index is 2.12. The lowest BCUT2D eigenvalue weighted by Gasteiger charge is -2.20. The molecule has 0 fully saturated rings. The van der Waals surface area contributed by atoms with E-state index in [2.05, 4.69) is 0 Å². The van der Waals surface area contributed by atoms with Gasteiger partial charge in [-0.1, -0.05) is 30.3 Å². The first-order valence-electron chi connectivity index (χ1n) is 6.38. The van der Waals surface area contributed by atoms with E-state index in [-0.39, 0.29) is 11.9 Å². The first-order chi connectivity index (χ1) is 9.08. The topological polar surface area (TPSA) is 29.3 Å². The number of nitrogens with zero attached hydrogens (tertiary/aromatic N) is 1. The molecule has 0 amide bonds. The van der Waals surface area contributed by atoms with Crippen molar-refractivity contribution in [2.24, 2.45) is 5.73 Å². The fourth-order valence-electron chi connectivity index (χ4n) is 2.01. The van der Waals surface area contributed by atoms with E-state index in [0.29, 0.717) is 12.1 Å². The van der Waals surface area contributed by atoms with Gasteiger partial charge >= 0.3 is 0 Å². The Morgan fingerprint density at radius 2 is 1.74 bits per heavy atom. The molecule has 19 heavy (non-hydrogen) atoms. The molecule has 0 heterocycles. The van der Waals surface area contributed by atoms with Gasteiger partial charge in [0.2, 0.25) is 0 Å². The SMILES string of the molecule is C[C@H](N)c1ccc(N(C)Cc2ccccc2F)cc1. The molecule has 0 saturated carbocycles. The predicted octanol–water partition coefficient (Wildman–Crippen LogP) is 3.48. The molecule has 0 aliphatic heterocycles. The zero-order valence-corrected chi connectivity index (χ0v) is 11.3. The van der Waals surface area contributed by atoms with Crippen molar-refractivity contribution in [3.05, 3.63) is 65.5 Å². The maximum Gasteiger partial charge on any atom is 0.128 e. The standard InChI is InChI=1S/C16H19FN2/c1-12(18)13-7-9-15(10-8-13)19(2)11-14-5-3-4-6-16(14)17/h3-10,12H,11,18H2,1-2H3/t12-/m0/s1. The predicted molar refractivity (Wildman–Crippen MR) is 77.6 cm³/mol. The first-order valence-corrected chi connectivity index (χ1v) is 6.38. The summed E-state index contributed by atoms with van der Waals surface area (Å²) >= 11 is 0. The van der Waals surface area contributed by atoms with Crippen LogP contribution in [0.1, 0.15) is 24.1 Å². The second kappa shape index (κ2) is 5.85. The summed E-state index contributed by atoms with van der Waals surface area (Å²) in [5.41, 5.74) is 8.66. The largest absolute Gasteiger partial charge is 0.370 e. The Kier molecular flexibility index (Phi) is 4.17. The minimum absolute atomic E-state index is 0.0333. The lowest BCUT2D eigenvalue weighted by molar-refractivity contribution is 0.608. The van der Waals surface area contributed by atoms with Crippen LogP contribution in [0.15, 0.2) is 48.5 Å². The number of anilines is 1. The monoisotopic (exact) mass is 258 g/mol. The van der Waals surface area contributed by atoms with Crippen molar-refractivity contribution < 1.29 is 4.39 Å². The number of hydrogen-bond donors (Lipinski definition) is 1. The molecule has 2 N–H and O–H groups in total. The molecule has 0 aliphatic carbocycles. The van der Waals surface area contributed by atoms with Crippen LogP contribution in [0.5, 0.6) is 0 Å². The van der Waals surface area contributed by atoms with Gasteiger partial charge in [0.05, 0.1) is 0 Å². The van der Waals surface area contributed by atoms with E-state index in [9.17, 15) is 4.39 Å². The van der Waals surface area contributed by atoms with Gasteiger partial charge < -0.3 is 10.6 Å². The third-order valence-corrected chi connectivity index (χ3v) is 3.22. The van der Waals surface area contributed by atoms with Crippen LogP contribution < -0.4 is 10.6 Å². The quantitative estimate of drug-likeness (QED) is 0.909. The van der Waals surface area contributed by atoms with E-state index in [4.69, 9.17) is 5.73 Å². The number of benzene rings is 2. The highest BCUT2D eigenvalue weighted by molar-refractivity contribution is 5.47. The summed E-state index contributed by atoms with van der Waals surface area (Å²) < 4.78 is 13.6. The van der Waals surface area contributed by atoms with Gasteiger partial charge in [-0.2, -0.15) is 0 Å². The van der Waals surface area contributed by atoms with Gasteiger partial charge in [-0.25, -0.2) is 4.39 Å². The molecule has 2 aromatic carbocycles. The zero-order chi connectivity index (χ0) is 13.8. The molecule has 0 bridgehead atoms. The smallest absolute Gasteiger partial charge is 0.128 e. The molecule has 2 nitrogen and oxygen atoms in total. The Hall–Kier alpha value is -1.87. The second-order valence-corrected chi connectivity index (χ2v) is 4.83. The third-order valence-electron chi connectivity index (χ3n) is 3.22. The molecule has 0 radical (unpaired) electrons. The molecule has 2 rings (SSSR count). The summed E-state index contributed by atoms with van der Waals surface area (Å²) in [6.45, 7) is 2.50. The summed E-state index contributed by atoms with van der Waals surface area (Å²) in [5, 5.41) is 0. The number of hydrogen-bond acceptors (Lipinski definition) is 2. The Morgan fingerprint density at radius 3 is 2.32 bits per heavy atom. The lowest BCUT2D eigenvalue weighted by atomic mass is 10.1. The molecular weight excluding hydrogens is 239 g/mol. The number of halogens is 1. The van der Waals surface area contributed by atoms with Crippen LogP contribution in [0.2, 0.25) is 0 Å². The van der Waals surface area contributed by atoms with Gasteiger partial charge in [-0.3, -0.25) is 0 Å². The maximum atomic E-state index is 13.6. The van der Waals surface area contributed by atoms with Crippen LogP contribution in [0.25, 0.3) is 0 Å². The van der Waals surface area contributed by atoms with Gasteiger partial charge in [0, 0.05) is 30.9 Å². The Bertz CT molecular complexity index is 535. The van der Waals surface area contributed by atoms with Gasteiger partial charge in [0.15, 0.2) is 0 Å². The van der Waals surface area contributed by atoms with Gasteiger partial charge in [-0.05, 0) is 30.7 Å². The third kappa shape index (κ3) is 3.32. The van der Waals surface area contributed by atoms with Crippen LogP contribution in [0, 0.1) is 5.82 Å². The van der Waals surface area contributed by atoms with E-state index in [1.807, 2.05) is 55.3 Å². The zero-order valence-electron chi connectivity index (χ0n) is 11.3. The molecule has 2 aromatic rings. The van der Waals surface area contributed by atoms with Gasteiger partial charge in [0.1, 0.15) is 5.82 Å². The fourth-order valence-corrected chi connectivity index (χ4v) is 2.01. The molecule has 0 spiro atoms. The second-order valence-electron chi connectivity index (χ2n) is 4.83.